The predicted molar refractivity (Wildman–Crippen MR) is 95.4 cm³/mol. The van der Waals surface area contributed by atoms with Crippen molar-refractivity contribution < 1.29 is 14.7 Å². The highest BCUT2D eigenvalue weighted by Gasteiger charge is 2.08. The number of carbonyl (C=O) groups is 2. The predicted octanol–water partition coefficient (Wildman–Crippen LogP) is 3.90. The number of benzene rings is 2. The second-order valence-electron chi connectivity index (χ2n) is 6.03. The molecule has 0 heterocycles. The molecule has 0 fully saturated rings. The number of amides is 1. The van der Waals surface area contributed by atoms with Gasteiger partial charge in [0.25, 0.3) is 0 Å². The second kappa shape index (κ2) is 7.64. The molecule has 2 aromatic rings. The van der Waals surface area contributed by atoms with Crippen molar-refractivity contribution in [1.29, 1.82) is 0 Å². The van der Waals surface area contributed by atoms with Crippen molar-refractivity contribution in [3.8, 4) is 0 Å². The third-order valence-electron chi connectivity index (χ3n) is 3.71. The van der Waals surface area contributed by atoms with Gasteiger partial charge in [0.2, 0.25) is 5.91 Å². The van der Waals surface area contributed by atoms with Crippen LogP contribution in [0.2, 0.25) is 0 Å². The maximum absolute atomic E-state index is 11.8. The maximum Gasteiger partial charge on any atom is 0.335 e. The third-order valence-corrected chi connectivity index (χ3v) is 3.71. The van der Waals surface area contributed by atoms with E-state index >= 15 is 0 Å². The lowest BCUT2D eigenvalue weighted by Crippen LogP contribution is -2.17. The van der Waals surface area contributed by atoms with E-state index < -0.39 is 5.97 Å². The fourth-order valence-electron chi connectivity index (χ4n) is 2.14. The molecule has 0 spiro atoms. The Morgan fingerprint density at radius 3 is 2.33 bits per heavy atom. The van der Waals surface area contributed by atoms with Gasteiger partial charge >= 0.3 is 5.97 Å². The average molecular weight is 326 g/mol. The molecule has 2 rings (SSSR count). The number of carbonyl (C=O) groups excluding carboxylic acids is 1. The van der Waals surface area contributed by atoms with E-state index in [2.05, 4.69) is 10.6 Å². The highest BCUT2D eigenvalue weighted by atomic mass is 16.4. The van der Waals surface area contributed by atoms with Crippen LogP contribution in [0, 0.1) is 12.8 Å². The smallest absolute Gasteiger partial charge is 0.335 e. The van der Waals surface area contributed by atoms with Gasteiger partial charge in [-0.3, -0.25) is 4.79 Å². The van der Waals surface area contributed by atoms with Crippen molar-refractivity contribution in [3.05, 3.63) is 59.2 Å². The quantitative estimate of drug-likeness (QED) is 0.752. The Labute approximate surface area is 141 Å². The lowest BCUT2D eigenvalue weighted by Gasteiger charge is -2.13. The average Bonchev–Trinajstić information content (AvgIpc) is 2.55. The fraction of sp³-hybridized carbons (Fsp3) is 0.263. The summed E-state index contributed by atoms with van der Waals surface area (Å²) in [5, 5.41) is 15.1. The van der Waals surface area contributed by atoms with Crippen molar-refractivity contribution >= 4 is 23.3 Å². The maximum atomic E-state index is 11.8. The summed E-state index contributed by atoms with van der Waals surface area (Å²) in [6, 6.07) is 12.5. The summed E-state index contributed by atoms with van der Waals surface area (Å²) in [6.07, 6.45) is 0. The van der Waals surface area contributed by atoms with Gasteiger partial charge in [-0.15, -0.1) is 0 Å². The molecule has 5 heteroatoms. The number of nitrogens with one attached hydrogen (secondary N) is 2. The van der Waals surface area contributed by atoms with Crippen molar-refractivity contribution in [2.75, 3.05) is 10.6 Å². The lowest BCUT2D eigenvalue weighted by molar-refractivity contribution is -0.118. The fourth-order valence-corrected chi connectivity index (χ4v) is 2.14. The number of rotatable bonds is 6. The van der Waals surface area contributed by atoms with Crippen LogP contribution < -0.4 is 10.6 Å². The zero-order valence-corrected chi connectivity index (χ0v) is 14.1. The molecule has 3 N–H and O–H groups in total. The van der Waals surface area contributed by atoms with Crippen molar-refractivity contribution in [1.82, 2.24) is 0 Å². The largest absolute Gasteiger partial charge is 0.478 e. The van der Waals surface area contributed by atoms with E-state index in [4.69, 9.17) is 5.11 Å². The van der Waals surface area contributed by atoms with E-state index in [1.165, 1.54) is 0 Å². The van der Waals surface area contributed by atoms with E-state index in [9.17, 15) is 9.59 Å². The summed E-state index contributed by atoms with van der Waals surface area (Å²) in [7, 11) is 0. The normalized spacial score (nSPS) is 10.5. The van der Waals surface area contributed by atoms with Crippen LogP contribution in [0.3, 0.4) is 0 Å². The topological polar surface area (TPSA) is 78.4 Å². The molecule has 126 valence electrons. The molecule has 0 radical (unpaired) electrons. The van der Waals surface area contributed by atoms with Gasteiger partial charge in [-0.25, -0.2) is 4.79 Å². The summed E-state index contributed by atoms with van der Waals surface area (Å²) in [6.45, 7) is 6.26. The van der Waals surface area contributed by atoms with Crippen LogP contribution in [0.25, 0.3) is 0 Å². The van der Waals surface area contributed by atoms with E-state index in [1.54, 1.807) is 24.3 Å². The molecule has 0 aromatic heterocycles. The Hall–Kier alpha value is -2.82. The van der Waals surface area contributed by atoms with Crippen LogP contribution in [0.5, 0.6) is 0 Å². The molecule has 0 saturated heterocycles. The monoisotopic (exact) mass is 326 g/mol. The Kier molecular flexibility index (Phi) is 5.58. The molecule has 1 amide bonds. The van der Waals surface area contributed by atoms with E-state index in [0.717, 1.165) is 22.5 Å². The number of carboxylic acid groups (broad SMARTS) is 1. The Bertz CT molecular complexity index is 737. The van der Waals surface area contributed by atoms with Gasteiger partial charge < -0.3 is 15.7 Å². The van der Waals surface area contributed by atoms with Crippen LogP contribution in [0.1, 0.15) is 35.3 Å². The first-order valence-electron chi connectivity index (χ1n) is 7.84. The minimum Gasteiger partial charge on any atom is -0.478 e. The van der Waals surface area contributed by atoms with Gasteiger partial charge in [0.1, 0.15) is 0 Å². The minimum absolute atomic E-state index is 0.0194. The van der Waals surface area contributed by atoms with Crippen molar-refractivity contribution in [2.24, 2.45) is 5.92 Å². The molecule has 0 aliphatic carbocycles. The van der Waals surface area contributed by atoms with Gasteiger partial charge in [0.15, 0.2) is 0 Å². The number of aromatic carboxylic acids is 1. The van der Waals surface area contributed by atoms with Crippen LogP contribution >= 0.6 is 0 Å². The lowest BCUT2D eigenvalue weighted by atomic mass is 10.1. The Morgan fingerprint density at radius 2 is 1.75 bits per heavy atom. The number of hydrogen-bond acceptors (Lipinski definition) is 3. The first-order valence-corrected chi connectivity index (χ1v) is 7.84. The molecule has 0 unspecified atom stereocenters. The summed E-state index contributed by atoms with van der Waals surface area (Å²) in [4.78, 5) is 22.7. The highest BCUT2D eigenvalue weighted by molar-refractivity contribution is 5.92. The molecule has 24 heavy (non-hydrogen) atoms. The molecule has 0 aliphatic heterocycles. The molecular formula is C19H22N2O3. The zero-order valence-electron chi connectivity index (χ0n) is 14.1. The molecule has 0 bridgehead atoms. The zero-order chi connectivity index (χ0) is 17.7. The summed E-state index contributed by atoms with van der Waals surface area (Å²) in [5.41, 5.74) is 4.01. The molecule has 0 aliphatic rings. The summed E-state index contributed by atoms with van der Waals surface area (Å²) < 4.78 is 0. The van der Waals surface area contributed by atoms with Crippen LogP contribution in [-0.4, -0.2) is 17.0 Å². The SMILES string of the molecule is Cc1ccc(NC(=O)C(C)C)cc1NCc1ccc(C(=O)O)cc1. The van der Waals surface area contributed by atoms with Gasteiger partial charge in [0, 0.05) is 23.8 Å². The van der Waals surface area contributed by atoms with E-state index in [1.807, 2.05) is 39.0 Å². The first-order chi connectivity index (χ1) is 11.4. The minimum atomic E-state index is -0.932. The number of aryl methyl sites for hydroxylation is 1. The van der Waals surface area contributed by atoms with Crippen LogP contribution in [0.15, 0.2) is 42.5 Å². The molecule has 0 atom stereocenters. The van der Waals surface area contributed by atoms with Gasteiger partial charge in [-0.2, -0.15) is 0 Å². The summed E-state index contributed by atoms with van der Waals surface area (Å²) >= 11 is 0. The van der Waals surface area contributed by atoms with E-state index in [0.29, 0.717) is 6.54 Å². The van der Waals surface area contributed by atoms with E-state index in [-0.39, 0.29) is 17.4 Å². The molecule has 2 aromatic carbocycles. The summed E-state index contributed by atoms with van der Waals surface area (Å²) in [5.74, 6) is -1.02. The first kappa shape index (κ1) is 17.5. The number of hydrogen-bond donors (Lipinski definition) is 3. The Balaban J connectivity index is 2.06. The standard InChI is InChI=1S/C19H22N2O3/c1-12(2)18(22)21-16-9-4-13(3)17(10-16)20-11-14-5-7-15(8-6-14)19(23)24/h4-10,12,20H,11H2,1-3H3,(H,21,22)(H,23,24). The highest BCUT2D eigenvalue weighted by Crippen LogP contribution is 2.21. The van der Waals surface area contributed by atoms with Gasteiger partial charge in [0.05, 0.1) is 5.56 Å². The number of anilines is 2. The van der Waals surface area contributed by atoms with Gasteiger partial charge in [-0.1, -0.05) is 32.0 Å². The molecule has 0 saturated carbocycles. The number of carboxylic acids is 1. The molecular weight excluding hydrogens is 304 g/mol. The van der Waals surface area contributed by atoms with Crippen LogP contribution in [0.4, 0.5) is 11.4 Å². The van der Waals surface area contributed by atoms with Gasteiger partial charge in [-0.05, 0) is 42.3 Å². The molecule has 5 nitrogen and oxygen atoms in total. The third kappa shape index (κ3) is 4.59. The second-order valence-corrected chi connectivity index (χ2v) is 6.03. The van der Waals surface area contributed by atoms with Crippen LogP contribution in [-0.2, 0) is 11.3 Å². The Morgan fingerprint density at radius 1 is 1.08 bits per heavy atom. The van der Waals surface area contributed by atoms with Crippen molar-refractivity contribution in [2.45, 2.75) is 27.3 Å². The van der Waals surface area contributed by atoms with Crippen molar-refractivity contribution in [3.63, 3.8) is 0 Å².